The van der Waals surface area contributed by atoms with E-state index in [0.29, 0.717) is 13.2 Å². The van der Waals surface area contributed by atoms with Crippen molar-refractivity contribution >= 4 is 0 Å². The lowest BCUT2D eigenvalue weighted by Crippen LogP contribution is -2.43. The Bertz CT molecular complexity index is 112. The molecule has 0 radical (unpaired) electrons. The summed E-state index contributed by atoms with van der Waals surface area (Å²) in [5.74, 6) is 5.28. The molecule has 0 aliphatic heterocycles. The van der Waals surface area contributed by atoms with Crippen LogP contribution in [0.4, 0.5) is 0 Å². The fourth-order valence-corrected chi connectivity index (χ4v) is 0.696. The molecule has 4 nitrogen and oxygen atoms in total. The van der Waals surface area contributed by atoms with Crippen molar-refractivity contribution in [3.8, 4) is 0 Å². The Morgan fingerprint density at radius 3 is 2.25 bits per heavy atom. The predicted molar refractivity (Wildman–Crippen MR) is 48.7 cm³/mol. The van der Waals surface area contributed by atoms with Crippen molar-refractivity contribution < 1.29 is 9.47 Å². The maximum Gasteiger partial charge on any atom is 0.0678 e. The molecule has 0 aliphatic rings. The fourth-order valence-electron chi connectivity index (χ4n) is 0.696. The molecule has 0 fully saturated rings. The van der Waals surface area contributed by atoms with Gasteiger partial charge in [-0.05, 0) is 20.8 Å². The van der Waals surface area contributed by atoms with Crippen molar-refractivity contribution in [3.63, 3.8) is 0 Å². The average molecular weight is 176 g/mol. The van der Waals surface area contributed by atoms with E-state index in [1.54, 1.807) is 7.11 Å². The smallest absolute Gasteiger partial charge is 0.0678 e. The minimum absolute atomic E-state index is 0.0641. The van der Waals surface area contributed by atoms with E-state index in [1.807, 2.05) is 20.8 Å². The highest BCUT2D eigenvalue weighted by molar-refractivity contribution is 4.65. The van der Waals surface area contributed by atoms with Gasteiger partial charge in [0.15, 0.2) is 0 Å². The van der Waals surface area contributed by atoms with Crippen LogP contribution in [0.1, 0.15) is 20.8 Å². The Hall–Kier alpha value is -0.160. The summed E-state index contributed by atoms with van der Waals surface area (Å²) in [6, 6.07) is 0.0641. The number of hydrogen-bond acceptors (Lipinski definition) is 4. The van der Waals surface area contributed by atoms with Gasteiger partial charge in [0, 0.05) is 7.11 Å². The van der Waals surface area contributed by atoms with E-state index in [4.69, 9.17) is 15.3 Å². The Kier molecular flexibility index (Phi) is 5.41. The monoisotopic (exact) mass is 176 g/mol. The molecule has 0 aromatic heterocycles. The lowest BCUT2D eigenvalue weighted by atomic mass is 10.2. The maximum absolute atomic E-state index is 5.51. The molecule has 0 aromatic rings. The maximum atomic E-state index is 5.51. The van der Waals surface area contributed by atoms with Crippen LogP contribution in [0.5, 0.6) is 0 Å². The summed E-state index contributed by atoms with van der Waals surface area (Å²) in [5, 5.41) is 0. The molecule has 1 unspecified atom stereocenters. The average Bonchev–Trinajstić information content (AvgIpc) is 1.96. The molecule has 1 atom stereocenters. The van der Waals surface area contributed by atoms with Gasteiger partial charge < -0.3 is 9.47 Å². The highest BCUT2D eigenvalue weighted by Crippen LogP contribution is 2.06. The molecule has 74 valence electrons. The number of hydrogen-bond donors (Lipinski definition) is 2. The van der Waals surface area contributed by atoms with Crippen molar-refractivity contribution in [2.24, 2.45) is 5.84 Å². The van der Waals surface area contributed by atoms with E-state index in [2.05, 4.69) is 5.43 Å². The van der Waals surface area contributed by atoms with Crippen molar-refractivity contribution in [2.75, 3.05) is 20.3 Å². The third-order valence-corrected chi connectivity index (χ3v) is 1.32. The summed E-state index contributed by atoms with van der Waals surface area (Å²) < 4.78 is 10.4. The summed E-state index contributed by atoms with van der Waals surface area (Å²) in [6.07, 6.45) is 0. The van der Waals surface area contributed by atoms with E-state index in [9.17, 15) is 0 Å². The van der Waals surface area contributed by atoms with Crippen molar-refractivity contribution in [3.05, 3.63) is 0 Å². The van der Waals surface area contributed by atoms with Gasteiger partial charge >= 0.3 is 0 Å². The first kappa shape index (κ1) is 11.8. The van der Waals surface area contributed by atoms with Crippen LogP contribution in [0, 0.1) is 0 Å². The zero-order chi connectivity index (χ0) is 9.61. The number of hydrazine groups is 1. The van der Waals surface area contributed by atoms with Gasteiger partial charge in [0.25, 0.3) is 0 Å². The minimum Gasteiger partial charge on any atom is -0.383 e. The Labute approximate surface area is 74.4 Å². The van der Waals surface area contributed by atoms with Gasteiger partial charge in [-0.15, -0.1) is 0 Å². The first-order valence-electron chi connectivity index (χ1n) is 4.08. The molecule has 4 heteroatoms. The molecule has 0 rings (SSSR count). The molecule has 0 saturated carbocycles. The Morgan fingerprint density at radius 1 is 1.33 bits per heavy atom. The number of nitrogens with one attached hydrogen (secondary N) is 1. The van der Waals surface area contributed by atoms with E-state index in [-0.39, 0.29) is 11.6 Å². The number of ether oxygens (including phenoxy) is 2. The second kappa shape index (κ2) is 5.48. The standard InChI is InChI=1S/C8H20N2O2/c1-8(2,3)12-6-7(10-9)5-11-4/h7,10H,5-6,9H2,1-4H3. The third kappa shape index (κ3) is 6.54. The van der Waals surface area contributed by atoms with Crippen LogP contribution < -0.4 is 11.3 Å². The SMILES string of the molecule is COCC(COC(C)(C)C)NN. The van der Waals surface area contributed by atoms with Gasteiger partial charge in [-0.1, -0.05) is 0 Å². The summed E-state index contributed by atoms with van der Waals surface area (Å²) >= 11 is 0. The largest absolute Gasteiger partial charge is 0.383 e. The van der Waals surface area contributed by atoms with Crippen LogP contribution in [-0.4, -0.2) is 32.0 Å². The summed E-state index contributed by atoms with van der Waals surface area (Å²) in [4.78, 5) is 0. The molecule has 0 aromatic carbocycles. The van der Waals surface area contributed by atoms with Crippen molar-refractivity contribution in [1.29, 1.82) is 0 Å². The van der Waals surface area contributed by atoms with Gasteiger partial charge in [0.2, 0.25) is 0 Å². The number of methoxy groups -OCH3 is 1. The Morgan fingerprint density at radius 2 is 1.92 bits per heavy atom. The van der Waals surface area contributed by atoms with E-state index in [0.717, 1.165) is 0 Å². The minimum atomic E-state index is -0.122. The van der Waals surface area contributed by atoms with Gasteiger partial charge in [0.1, 0.15) is 0 Å². The van der Waals surface area contributed by atoms with Gasteiger partial charge in [-0.2, -0.15) is 0 Å². The van der Waals surface area contributed by atoms with Crippen LogP contribution in [0.25, 0.3) is 0 Å². The topological polar surface area (TPSA) is 56.5 Å². The second-order valence-electron chi connectivity index (χ2n) is 3.74. The molecule has 0 bridgehead atoms. The molecule has 12 heavy (non-hydrogen) atoms. The van der Waals surface area contributed by atoms with E-state index in [1.165, 1.54) is 0 Å². The number of rotatable bonds is 5. The first-order valence-corrected chi connectivity index (χ1v) is 4.08. The summed E-state index contributed by atoms with van der Waals surface area (Å²) in [7, 11) is 1.64. The molecule has 3 N–H and O–H groups in total. The van der Waals surface area contributed by atoms with Crippen LogP contribution in [0.15, 0.2) is 0 Å². The molecule has 0 saturated heterocycles. The fraction of sp³-hybridized carbons (Fsp3) is 1.00. The Balaban J connectivity index is 3.58. The van der Waals surface area contributed by atoms with Crippen molar-refractivity contribution in [1.82, 2.24) is 5.43 Å². The van der Waals surface area contributed by atoms with Crippen LogP contribution in [0.3, 0.4) is 0 Å². The molecule has 0 spiro atoms. The van der Waals surface area contributed by atoms with Crippen molar-refractivity contribution in [2.45, 2.75) is 32.4 Å². The number of nitrogens with two attached hydrogens (primary N) is 1. The molecule has 0 amide bonds. The van der Waals surface area contributed by atoms with Gasteiger partial charge in [-0.3, -0.25) is 11.3 Å². The zero-order valence-electron chi connectivity index (χ0n) is 8.39. The van der Waals surface area contributed by atoms with Crippen LogP contribution in [0.2, 0.25) is 0 Å². The highest BCUT2D eigenvalue weighted by atomic mass is 16.5. The normalized spacial score (nSPS) is 14.8. The van der Waals surface area contributed by atoms with E-state index < -0.39 is 0 Å². The van der Waals surface area contributed by atoms with Gasteiger partial charge in [-0.25, -0.2) is 0 Å². The molecular weight excluding hydrogens is 156 g/mol. The lowest BCUT2D eigenvalue weighted by molar-refractivity contribution is -0.0244. The summed E-state index contributed by atoms with van der Waals surface area (Å²) in [6.45, 7) is 7.15. The quantitative estimate of drug-likeness (QED) is 0.466. The first-order chi connectivity index (χ1) is 5.49. The lowest BCUT2D eigenvalue weighted by Gasteiger charge is -2.23. The van der Waals surface area contributed by atoms with Gasteiger partial charge in [0.05, 0.1) is 24.9 Å². The zero-order valence-corrected chi connectivity index (χ0v) is 8.39. The molecular formula is C8H20N2O2. The highest BCUT2D eigenvalue weighted by Gasteiger charge is 2.13. The molecule has 0 aliphatic carbocycles. The van der Waals surface area contributed by atoms with Crippen LogP contribution in [-0.2, 0) is 9.47 Å². The molecule has 0 heterocycles. The van der Waals surface area contributed by atoms with E-state index >= 15 is 0 Å². The summed E-state index contributed by atoms with van der Waals surface area (Å²) in [5.41, 5.74) is 2.50. The second-order valence-corrected chi connectivity index (χ2v) is 3.74. The third-order valence-electron chi connectivity index (χ3n) is 1.32. The predicted octanol–water partition coefficient (Wildman–Crippen LogP) is 0.280. The van der Waals surface area contributed by atoms with Crippen LogP contribution >= 0.6 is 0 Å².